The third-order valence-electron chi connectivity index (χ3n) is 3.59. The summed E-state index contributed by atoms with van der Waals surface area (Å²) in [6.07, 6.45) is 0.161. The number of nitrogens with one attached hydrogen (secondary N) is 2. The van der Waals surface area contributed by atoms with Crippen LogP contribution in [0.25, 0.3) is 0 Å². The van der Waals surface area contributed by atoms with Gasteiger partial charge in [-0.05, 0) is 25.5 Å². The molecular formula is C16H22N2O4. The summed E-state index contributed by atoms with van der Waals surface area (Å²) in [5, 5.41) is 5.92. The van der Waals surface area contributed by atoms with Gasteiger partial charge in [-0.25, -0.2) is 4.79 Å². The molecule has 1 aromatic carbocycles. The minimum Gasteiger partial charge on any atom is -0.466 e. The van der Waals surface area contributed by atoms with Crippen LogP contribution in [-0.4, -0.2) is 37.8 Å². The number of ether oxygens (including phenoxy) is 2. The number of carbonyl (C=O) groups excluding carboxylic acids is 2. The van der Waals surface area contributed by atoms with E-state index in [-0.39, 0.29) is 24.5 Å². The van der Waals surface area contributed by atoms with Gasteiger partial charge in [-0.2, -0.15) is 0 Å². The van der Waals surface area contributed by atoms with Crippen LogP contribution in [0.2, 0.25) is 0 Å². The second-order valence-electron chi connectivity index (χ2n) is 5.16. The van der Waals surface area contributed by atoms with Crippen LogP contribution in [-0.2, 0) is 20.9 Å². The second-order valence-corrected chi connectivity index (χ2v) is 5.16. The Morgan fingerprint density at radius 3 is 2.77 bits per heavy atom. The highest BCUT2D eigenvalue weighted by Gasteiger charge is 2.33. The van der Waals surface area contributed by atoms with Crippen molar-refractivity contribution in [3.8, 4) is 0 Å². The Morgan fingerprint density at radius 1 is 1.27 bits per heavy atom. The lowest BCUT2D eigenvalue weighted by Crippen LogP contribution is -2.52. The molecule has 6 heteroatoms. The fraction of sp³-hybridized carbons (Fsp3) is 0.500. The molecule has 2 atom stereocenters. The first kappa shape index (κ1) is 16.3. The maximum Gasteiger partial charge on any atom is 0.407 e. The Balaban J connectivity index is 1.84. The van der Waals surface area contributed by atoms with E-state index >= 15 is 0 Å². The zero-order chi connectivity index (χ0) is 15.8. The Labute approximate surface area is 130 Å². The second kappa shape index (κ2) is 8.38. The van der Waals surface area contributed by atoms with Crippen molar-refractivity contribution in [3.05, 3.63) is 35.9 Å². The normalized spacial score (nSPS) is 21.0. The van der Waals surface area contributed by atoms with Crippen LogP contribution in [0.3, 0.4) is 0 Å². The molecular weight excluding hydrogens is 284 g/mol. The summed E-state index contributed by atoms with van der Waals surface area (Å²) in [6, 6.07) is 9.20. The smallest absolute Gasteiger partial charge is 0.407 e. The van der Waals surface area contributed by atoms with E-state index in [4.69, 9.17) is 9.47 Å². The summed E-state index contributed by atoms with van der Waals surface area (Å²) in [4.78, 5) is 23.8. The van der Waals surface area contributed by atoms with Gasteiger partial charge in [0.2, 0.25) is 0 Å². The molecule has 1 amide bonds. The Bertz CT molecular complexity index is 492. The number of esters is 1. The van der Waals surface area contributed by atoms with Gasteiger partial charge in [0.15, 0.2) is 0 Å². The summed E-state index contributed by atoms with van der Waals surface area (Å²) in [7, 11) is 0. The SMILES string of the molecule is CCOC(=O)[C@@H]1CNCC[C@@H]1NC(=O)OCc1ccccc1. The molecule has 6 nitrogen and oxygen atoms in total. The van der Waals surface area contributed by atoms with Crippen LogP contribution in [0.15, 0.2) is 30.3 Å². The summed E-state index contributed by atoms with van der Waals surface area (Å²) >= 11 is 0. The van der Waals surface area contributed by atoms with Crippen LogP contribution in [0.4, 0.5) is 4.79 Å². The molecule has 0 saturated carbocycles. The van der Waals surface area contributed by atoms with E-state index in [0.29, 0.717) is 19.6 Å². The third-order valence-corrected chi connectivity index (χ3v) is 3.59. The van der Waals surface area contributed by atoms with Crippen LogP contribution < -0.4 is 10.6 Å². The first-order chi connectivity index (χ1) is 10.7. The number of hydrogen-bond donors (Lipinski definition) is 2. The monoisotopic (exact) mass is 306 g/mol. The number of amides is 1. The lowest BCUT2D eigenvalue weighted by atomic mass is 9.93. The molecule has 0 aromatic heterocycles. The van der Waals surface area contributed by atoms with Crippen LogP contribution in [0.5, 0.6) is 0 Å². The van der Waals surface area contributed by atoms with E-state index in [1.165, 1.54) is 0 Å². The van der Waals surface area contributed by atoms with Gasteiger partial charge in [0.1, 0.15) is 6.61 Å². The minimum absolute atomic E-state index is 0.210. The van der Waals surface area contributed by atoms with Gasteiger partial charge in [0, 0.05) is 12.6 Å². The number of benzene rings is 1. The van der Waals surface area contributed by atoms with Gasteiger partial charge < -0.3 is 20.1 Å². The third kappa shape index (κ3) is 4.73. The van der Waals surface area contributed by atoms with Gasteiger partial charge in [0.25, 0.3) is 0 Å². The van der Waals surface area contributed by atoms with Gasteiger partial charge in [-0.15, -0.1) is 0 Å². The molecule has 120 valence electrons. The highest BCUT2D eigenvalue weighted by Crippen LogP contribution is 2.14. The number of carbonyl (C=O) groups is 2. The van der Waals surface area contributed by atoms with E-state index in [0.717, 1.165) is 12.1 Å². The summed E-state index contributed by atoms with van der Waals surface area (Å²) < 4.78 is 10.2. The summed E-state index contributed by atoms with van der Waals surface area (Å²) in [6.45, 7) is 3.56. The predicted octanol–water partition coefficient (Wildman–Crippen LogP) is 1.45. The average molecular weight is 306 g/mol. The molecule has 1 heterocycles. The van der Waals surface area contributed by atoms with Crippen molar-refractivity contribution in [1.82, 2.24) is 10.6 Å². The fourth-order valence-corrected chi connectivity index (χ4v) is 2.44. The highest BCUT2D eigenvalue weighted by atomic mass is 16.5. The van der Waals surface area contributed by atoms with Crippen molar-refractivity contribution in [1.29, 1.82) is 0 Å². The molecule has 1 aliphatic rings. The topological polar surface area (TPSA) is 76.7 Å². The lowest BCUT2D eigenvalue weighted by molar-refractivity contribution is -0.149. The maximum atomic E-state index is 11.9. The molecule has 0 bridgehead atoms. The van der Waals surface area contributed by atoms with E-state index < -0.39 is 6.09 Å². The molecule has 1 saturated heterocycles. The number of hydrogen-bond acceptors (Lipinski definition) is 5. The fourth-order valence-electron chi connectivity index (χ4n) is 2.44. The molecule has 22 heavy (non-hydrogen) atoms. The molecule has 1 fully saturated rings. The number of piperidine rings is 1. The molecule has 0 spiro atoms. The molecule has 0 aliphatic carbocycles. The van der Waals surface area contributed by atoms with Crippen molar-refractivity contribution >= 4 is 12.1 Å². The first-order valence-electron chi connectivity index (χ1n) is 7.55. The zero-order valence-electron chi connectivity index (χ0n) is 12.7. The summed E-state index contributed by atoms with van der Waals surface area (Å²) in [5.41, 5.74) is 0.921. The zero-order valence-corrected chi connectivity index (χ0v) is 12.7. The molecule has 2 rings (SSSR count). The van der Waals surface area contributed by atoms with Crippen LogP contribution in [0.1, 0.15) is 18.9 Å². The largest absolute Gasteiger partial charge is 0.466 e. The summed E-state index contributed by atoms with van der Waals surface area (Å²) in [5.74, 6) is -0.666. The molecule has 1 aliphatic heterocycles. The highest BCUT2D eigenvalue weighted by molar-refractivity contribution is 5.75. The average Bonchev–Trinajstić information content (AvgIpc) is 2.54. The quantitative estimate of drug-likeness (QED) is 0.805. The van der Waals surface area contributed by atoms with Crippen molar-refractivity contribution in [2.24, 2.45) is 5.92 Å². The maximum absolute atomic E-state index is 11.9. The predicted molar refractivity (Wildman–Crippen MR) is 81.2 cm³/mol. The lowest BCUT2D eigenvalue weighted by Gasteiger charge is -2.30. The van der Waals surface area contributed by atoms with Crippen LogP contribution >= 0.6 is 0 Å². The van der Waals surface area contributed by atoms with Gasteiger partial charge in [0.05, 0.1) is 12.5 Å². The molecule has 0 radical (unpaired) electrons. The van der Waals surface area contributed by atoms with Gasteiger partial charge in [-0.1, -0.05) is 30.3 Å². The number of rotatable bonds is 5. The Kier molecular flexibility index (Phi) is 6.21. The van der Waals surface area contributed by atoms with Gasteiger partial charge >= 0.3 is 12.1 Å². The van der Waals surface area contributed by atoms with E-state index in [9.17, 15) is 9.59 Å². The first-order valence-corrected chi connectivity index (χ1v) is 7.55. The van der Waals surface area contributed by atoms with Crippen LogP contribution in [0, 0.1) is 5.92 Å². The molecule has 1 aromatic rings. The minimum atomic E-state index is -0.509. The Hall–Kier alpha value is -2.08. The van der Waals surface area contributed by atoms with Crippen molar-refractivity contribution in [2.75, 3.05) is 19.7 Å². The standard InChI is InChI=1S/C16H22N2O4/c1-2-21-15(19)13-10-17-9-8-14(13)18-16(20)22-11-12-6-4-3-5-7-12/h3-7,13-14,17H,2,8-11H2,1H3,(H,18,20)/t13-,14+/m1/s1. The molecule has 2 N–H and O–H groups in total. The number of alkyl carbamates (subject to hydrolysis) is 1. The van der Waals surface area contributed by atoms with E-state index in [1.807, 2.05) is 30.3 Å². The van der Waals surface area contributed by atoms with Crippen molar-refractivity contribution < 1.29 is 19.1 Å². The van der Waals surface area contributed by atoms with Crippen molar-refractivity contribution in [2.45, 2.75) is 26.0 Å². The molecule has 0 unspecified atom stereocenters. The van der Waals surface area contributed by atoms with E-state index in [2.05, 4.69) is 10.6 Å². The Morgan fingerprint density at radius 2 is 2.05 bits per heavy atom. The van der Waals surface area contributed by atoms with Crippen molar-refractivity contribution in [3.63, 3.8) is 0 Å². The van der Waals surface area contributed by atoms with E-state index in [1.54, 1.807) is 6.92 Å². The van der Waals surface area contributed by atoms with Gasteiger partial charge in [-0.3, -0.25) is 4.79 Å².